The van der Waals surface area contributed by atoms with E-state index in [4.69, 9.17) is 16.9 Å². The highest BCUT2D eigenvalue weighted by molar-refractivity contribution is 6.33. The van der Waals surface area contributed by atoms with E-state index < -0.39 is 5.91 Å². The quantitative estimate of drug-likeness (QED) is 0.293. The summed E-state index contributed by atoms with van der Waals surface area (Å²) in [4.78, 5) is 21.9. The van der Waals surface area contributed by atoms with Crippen molar-refractivity contribution in [2.75, 3.05) is 18.4 Å². The van der Waals surface area contributed by atoms with Gasteiger partial charge < -0.3 is 16.0 Å². The van der Waals surface area contributed by atoms with E-state index in [9.17, 15) is 9.59 Å². The first kappa shape index (κ1) is 16.5. The number of carbonyl (C=O) groups is 2. The Balaban J connectivity index is 2.51. The van der Waals surface area contributed by atoms with E-state index in [1.807, 2.05) is 6.07 Å². The van der Waals surface area contributed by atoms with Gasteiger partial charge in [0.25, 0.3) is 5.91 Å². The number of nitriles is 1. The Morgan fingerprint density at radius 2 is 2.00 bits per heavy atom. The molecule has 0 aliphatic rings. The summed E-state index contributed by atoms with van der Waals surface area (Å²) in [7, 11) is 0. The smallest absolute Gasteiger partial charge is 0.267 e. The van der Waals surface area contributed by atoms with Crippen LogP contribution in [0.15, 0.2) is 36.0 Å². The molecular formula is C14H15ClN4O2. The standard InChI is InChI=1S/C14H15ClN4O2/c15-12-4-1-2-5-13(12)19-14(21)11(8-16)9-17-6-3-7-18-10-20/h1-2,4-5,9-10,17H,3,6-7H2,(H,18,20)(H,19,21)/b11-9-. The van der Waals surface area contributed by atoms with Crippen molar-refractivity contribution < 1.29 is 9.59 Å². The summed E-state index contributed by atoms with van der Waals surface area (Å²) < 4.78 is 0. The predicted molar refractivity (Wildman–Crippen MR) is 80.5 cm³/mol. The highest BCUT2D eigenvalue weighted by Crippen LogP contribution is 2.20. The molecule has 0 aromatic heterocycles. The van der Waals surface area contributed by atoms with Gasteiger partial charge >= 0.3 is 0 Å². The van der Waals surface area contributed by atoms with Crippen molar-refractivity contribution in [2.24, 2.45) is 0 Å². The maximum Gasteiger partial charge on any atom is 0.267 e. The van der Waals surface area contributed by atoms with Crippen LogP contribution in [0.3, 0.4) is 0 Å². The van der Waals surface area contributed by atoms with Crippen molar-refractivity contribution in [1.29, 1.82) is 5.26 Å². The lowest BCUT2D eigenvalue weighted by Gasteiger charge is -2.06. The minimum absolute atomic E-state index is 0.0572. The first-order valence-corrected chi connectivity index (χ1v) is 6.63. The highest BCUT2D eigenvalue weighted by atomic mass is 35.5. The zero-order valence-corrected chi connectivity index (χ0v) is 12.0. The number of rotatable bonds is 8. The molecule has 1 rings (SSSR count). The molecular weight excluding hydrogens is 292 g/mol. The first-order valence-electron chi connectivity index (χ1n) is 6.25. The van der Waals surface area contributed by atoms with Gasteiger partial charge in [-0.15, -0.1) is 0 Å². The van der Waals surface area contributed by atoms with Crippen molar-refractivity contribution in [3.8, 4) is 6.07 Å². The second-order valence-electron chi connectivity index (χ2n) is 3.98. The molecule has 21 heavy (non-hydrogen) atoms. The second kappa shape index (κ2) is 9.39. The number of carbonyl (C=O) groups excluding carboxylic acids is 2. The number of nitrogens with one attached hydrogen (secondary N) is 3. The largest absolute Gasteiger partial charge is 0.390 e. The van der Waals surface area contributed by atoms with Crippen molar-refractivity contribution >= 4 is 29.6 Å². The number of anilines is 1. The van der Waals surface area contributed by atoms with E-state index in [1.165, 1.54) is 6.20 Å². The fraction of sp³-hybridized carbons (Fsp3) is 0.214. The third kappa shape index (κ3) is 5.97. The van der Waals surface area contributed by atoms with Gasteiger partial charge in [-0.3, -0.25) is 9.59 Å². The first-order chi connectivity index (χ1) is 10.2. The molecule has 0 fully saturated rings. The van der Waals surface area contributed by atoms with E-state index in [-0.39, 0.29) is 5.57 Å². The molecule has 0 saturated carbocycles. The van der Waals surface area contributed by atoms with Crippen LogP contribution in [-0.2, 0) is 9.59 Å². The summed E-state index contributed by atoms with van der Waals surface area (Å²) in [5.41, 5.74) is 0.388. The molecule has 0 saturated heterocycles. The number of para-hydroxylation sites is 1. The van der Waals surface area contributed by atoms with Crippen molar-refractivity contribution in [1.82, 2.24) is 10.6 Å². The lowest BCUT2D eigenvalue weighted by Crippen LogP contribution is -2.20. The lowest BCUT2D eigenvalue weighted by atomic mass is 10.2. The summed E-state index contributed by atoms with van der Waals surface area (Å²) in [6.45, 7) is 1.06. The van der Waals surface area contributed by atoms with Crippen LogP contribution in [-0.4, -0.2) is 25.4 Å². The Kier molecular flexibility index (Phi) is 7.40. The number of benzene rings is 1. The van der Waals surface area contributed by atoms with Crippen molar-refractivity contribution in [3.63, 3.8) is 0 Å². The van der Waals surface area contributed by atoms with Gasteiger partial charge in [0.05, 0.1) is 10.7 Å². The van der Waals surface area contributed by atoms with Crippen LogP contribution in [0, 0.1) is 11.3 Å². The molecule has 7 heteroatoms. The summed E-state index contributed by atoms with van der Waals surface area (Å²) in [6.07, 6.45) is 2.64. The zero-order valence-electron chi connectivity index (χ0n) is 11.2. The lowest BCUT2D eigenvalue weighted by molar-refractivity contribution is -0.112. The van der Waals surface area contributed by atoms with E-state index >= 15 is 0 Å². The predicted octanol–water partition coefficient (Wildman–Crippen LogP) is 1.41. The van der Waals surface area contributed by atoms with Gasteiger partial charge in [-0.05, 0) is 18.6 Å². The highest BCUT2D eigenvalue weighted by Gasteiger charge is 2.10. The van der Waals surface area contributed by atoms with Gasteiger partial charge in [0.1, 0.15) is 11.6 Å². The summed E-state index contributed by atoms with van der Waals surface area (Å²) in [6, 6.07) is 8.58. The number of hydrogen-bond donors (Lipinski definition) is 3. The van der Waals surface area contributed by atoms with Crippen LogP contribution in [0.25, 0.3) is 0 Å². The molecule has 0 aliphatic carbocycles. The maximum atomic E-state index is 11.9. The Hall–Kier alpha value is -2.52. The van der Waals surface area contributed by atoms with Crippen LogP contribution >= 0.6 is 11.6 Å². The molecule has 3 N–H and O–H groups in total. The van der Waals surface area contributed by atoms with E-state index in [0.29, 0.717) is 36.6 Å². The average molecular weight is 307 g/mol. The van der Waals surface area contributed by atoms with E-state index in [2.05, 4.69) is 16.0 Å². The summed E-state index contributed by atoms with van der Waals surface area (Å²) >= 11 is 5.92. The van der Waals surface area contributed by atoms with Gasteiger partial charge in [-0.25, -0.2) is 0 Å². The molecule has 2 amide bonds. The number of nitrogens with zero attached hydrogens (tertiary/aromatic N) is 1. The normalized spacial score (nSPS) is 10.4. The Morgan fingerprint density at radius 1 is 1.29 bits per heavy atom. The monoisotopic (exact) mass is 306 g/mol. The minimum Gasteiger partial charge on any atom is -0.390 e. The summed E-state index contributed by atoms with van der Waals surface area (Å²) in [5, 5.41) is 17.3. The number of amides is 2. The molecule has 6 nitrogen and oxygen atoms in total. The molecule has 0 aliphatic heterocycles. The van der Waals surface area contributed by atoms with Gasteiger partial charge in [-0.1, -0.05) is 23.7 Å². The van der Waals surface area contributed by atoms with Crippen molar-refractivity contribution in [3.05, 3.63) is 41.1 Å². The van der Waals surface area contributed by atoms with Gasteiger partial charge in [0, 0.05) is 19.3 Å². The molecule has 0 spiro atoms. The molecule has 0 bridgehead atoms. The molecule has 0 atom stereocenters. The Morgan fingerprint density at radius 3 is 2.67 bits per heavy atom. The van der Waals surface area contributed by atoms with Crippen LogP contribution in [0.4, 0.5) is 5.69 Å². The van der Waals surface area contributed by atoms with Crippen LogP contribution in [0.1, 0.15) is 6.42 Å². The number of halogens is 1. The average Bonchev–Trinajstić information content (AvgIpc) is 2.49. The summed E-state index contributed by atoms with van der Waals surface area (Å²) in [5.74, 6) is -0.538. The van der Waals surface area contributed by atoms with Crippen LogP contribution in [0.2, 0.25) is 5.02 Å². The van der Waals surface area contributed by atoms with Crippen molar-refractivity contribution in [2.45, 2.75) is 6.42 Å². The second-order valence-corrected chi connectivity index (χ2v) is 4.39. The fourth-order valence-corrected chi connectivity index (χ4v) is 1.61. The third-order valence-corrected chi connectivity index (χ3v) is 2.79. The molecule has 0 unspecified atom stereocenters. The van der Waals surface area contributed by atoms with E-state index in [1.54, 1.807) is 24.3 Å². The molecule has 1 aromatic rings. The van der Waals surface area contributed by atoms with E-state index in [0.717, 1.165) is 0 Å². The fourth-order valence-electron chi connectivity index (χ4n) is 1.43. The Labute approximate surface area is 127 Å². The van der Waals surface area contributed by atoms with Crippen LogP contribution < -0.4 is 16.0 Å². The third-order valence-electron chi connectivity index (χ3n) is 2.46. The van der Waals surface area contributed by atoms with Gasteiger partial charge in [-0.2, -0.15) is 5.26 Å². The molecule has 1 aromatic carbocycles. The molecule has 110 valence electrons. The zero-order chi connectivity index (χ0) is 15.5. The van der Waals surface area contributed by atoms with Gasteiger partial charge in [0.2, 0.25) is 6.41 Å². The minimum atomic E-state index is -0.538. The topological polar surface area (TPSA) is 94.0 Å². The Bertz CT molecular complexity index is 566. The van der Waals surface area contributed by atoms with Gasteiger partial charge in [0.15, 0.2) is 0 Å². The molecule has 0 heterocycles. The SMILES string of the molecule is N#C/C(=C/NCCCNC=O)C(=O)Nc1ccccc1Cl. The van der Waals surface area contributed by atoms with Crippen LogP contribution in [0.5, 0.6) is 0 Å². The molecule has 0 radical (unpaired) electrons. The maximum absolute atomic E-state index is 11.9. The number of hydrogen-bond acceptors (Lipinski definition) is 4.